The van der Waals surface area contributed by atoms with Gasteiger partial charge >= 0.3 is 0 Å². The zero-order valence-electron chi connectivity index (χ0n) is 9.06. The van der Waals surface area contributed by atoms with Gasteiger partial charge < -0.3 is 5.11 Å². The summed E-state index contributed by atoms with van der Waals surface area (Å²) in [4.78, 5) is 0.706. The number of thiophene rings is 1. The van der Waals surface area contributed by atoms with E-state index in [0.717, 1.165) is 12.8 Å². The van der Waals surface area contributed by atoms with Crippen LogP contribution >= 0.6 is 11.3 Å². The quantitative estimate of drug-likeness (QED) is 0.840. The molecule has 0 aliphatic heterocycles. The minimum atomic E-state index is -3.45. The minimum absolute atomic E-state index is 0.141. The van der Waals surface area contributed by atoms with Crippen molar-refractivity contribution < 1.29 is 13.5 Å². The second-order valence-electron chi connectivity index (χ2n) is 4.50. The number of nitrogens with one attached hydrogen (secondary N) is 1. The predicted molar refractivity (Wildman–Crippen MR) is 62.8 cm³/mol. The number of aliphatic hydroxyl groups excluding tert-OH is 1. The smallest absolute Gasteiger partial charge is 0.241 e. The van der Waals surface area contributed by atoms with E-state index < -0.39 is 10.0 Å². The number of hydrogen-bond acceptors (Lipinski definition) is 4. The minimum Gasteiger partial charge on any atom is -0.391 e. The van der Waals surface area contributed by atoms with E-state index >= 15 is 0 Å². The van der Waals surface area contributed by atoms with Crippen LogP contribution in [0.15, 0.2) is 16.3 Å². The summed E-state index contributed by atoms with van der Waals surface area (Å²) in [5.74, 6) is 0. The maximum Gasteiger partial charge on any atom is 0.241 e. The van der Waals surface area contributed by atoms with Crippen molar-refractivity contribution in [1.82, 2.24) is 4.72 Å². The molecular weight excluding hydrogens is 246 g/mol. The zero-order valence-corrected chi connectivity index (χ0v) is 10.7. The van der Waals surface area contributed by atoms with Gasteiger partial charge in [0.15, 0.2) is 0 Å². The van der Waals surface area contributed by atoms with Gasteiger partial charge in [-0.3, -0.25) is 0 Å². The standard InChI is InChI=1S/C10H15NO3S2/c1-10(3-4-10)7-11-16(13,14)9-2-5-15-8(9)6-12/h2,5,11-12H,3-4,6-7H2,1H3. The van der Waals surface area contributed by atoms with Crippen molar-refractivity contribution in [2.45, 2.75) is 31.3 Å². The monoisotopic (exact) mass is 261 g/mol. The lowest BCUT2D eigenvalue weighted by molar-refractivity contribution is 0.282. The summed E-state index contributed by atoms with van der Waals surface area (Å²) in [6.07, 6.45) is 2.15. The Kier molecular flexibility index (Phi) is 3.09. The van der Waals surface area contributed by atoms with Crippen LogP contribution in [0.2, 0.25) is 0 Å². The summed E-state index contributed by atoms with van der Waals surface area (Å²) < 4.78 is 26.5. The fourth-order valence-electron chi connectivity index (χ4n) is 1.42. The molecule has 1 aliphatic carbocycles. The second-order valence-corrected chi connectivity index (χ2v) is 7.24. The number of rotatable bonds is 5. The van der Waals surface area contributed by atoms with Crippen LogP contribution in [0.25, 0.3) is 0 Å². The lowest BCUT2D eigenvalue weighted by atomic mass is 10.2. The first kappa shape index (κ1) is 12.0. The van der Waals surface area contributed by atoms with Crippen LogP contribution in [0.1, 0.15) is 24.6 Å². The van der Waals surface area contributed by atoms with E-state index in [-0.39, 0.29) is 16.9 Å². The van der Waals surface area contributed by atoms with Crippen LogP contribution in [0.3, 0.4) is 0 Å². The molecule has 1 aromatic rings. The zero-order chi connectivity index (χ0) is 11.8. The molecule has 1 saturated carbocycles. The molecule has 2 rings (SSSR count). The van der Waals surface area contributed by atoms with Crippen molar-refractivity contribution in [1.29, 1.82) is 0 Å². The van der Waals surface area contributed by atoms with Crippen LogP contribution in [-0.4, -0.2) is 20.1 Å². The van der Waals surface area contributed by atoms with E-state index in [4.69, 9.17) is 5.11 Å². The van der Waals surface area contributed by atoms with Gasteiger partial charge in [-0.2, -0.15) is 0 Å². The molecule has 16 heavy (non-hydrogen) atoms. The summed E-state index contributed by atoms with van der Waals surface area (Å²) in [5, 5.41) is 10.7. The van der Waals surface area contributed by atoms with Gasteiger partial charge in [-0.25, -0.2) is 13.1 Å². The van der Waals surface area contributed by atoms with E-state index in [0.29, 0.717) is 11.4 Å². The maximum absolute atomic E-state index is 11.9. The average Bonchev–Trinajstić information content (AvgIpc) is 2.81. The number of aliphatic hydroxyl groups is 1. The van der Waals surface area contributed by atoms with Crippen molar-refractivity contribution in [3.63, 3.8) is 0 Å². The molecule has 1 fully saturated rings. The Bertz CT molecular complexity index is 474. The first-order chi connectivity index (χ1) is 7.47. The van der Waals surface area contributed by atoms with E-state index in [9.17, 15) is 8.42 Å². The molecule has 1 aromatic heterocycles. The van der Waals surface area contributed by atoms with Crippen LogP contribution in [-0.2, 0) is 16.6 Å². The van der Waals surface area contributed by atoms with E-state index in [1.165, 1.54) is 17.4 Å². The highest BCUT2D eigenvalue weighted by molar-refractivity contribution is 7.89. The molecule has 4 nitrogen and oxygen atoms in total. The van der Waals surface area contributed by atoms with Gasteiger partial charge in [0.1, 0.15) is 0 Å². The highest BCUT2D eigenvalue weighted by atomic mass is 32.2. The predicted octanol–water partition coefficient (Wildman–Crippen LogP) is 1.32. The van der Waals surface area contributed by atoms with Gasteiger partial charge in [0.2, 0.25) is 10.0 Å². The molecule has 0 saturated heterocycles. The van der Waals surface area contributed by atoms with Gasteiger partial charge in [-0.05, 0) is 29.7 Å². The fourth-order valence-corrected chi connectivity index (χ4v) is 3.91. The summed E-state index contributed by atoms with van der Waals surface area (Å²) in [7, 11) is -3.45. The Morgan fingerprint density at radius 2 is 2.25 bits per heavy atom. The largest absolute Gasteiger partial charge is 0.391 e. The highest BCUT2D eigenvalue weighted by Gasteiger charge is 2.38. The average molecular weight is 261 g/mol. The molecule has 0 aromatic carbocycles. The first-order valence-electron chi connectivity index (χ1n) is 5.14. The first-order valence-corrected chi connectivity index (χ1v) is 7.50. The molecule has 90 valence electrons. The lowest BCUT2D eigenvalue weighted by Crippen LogP contribution is -2.29. The van der Waals surface area contributed by atoms with Crippen molar-refractivity contribution >= 4 is 21.4 Å². The third-order valence-corrected chi connectivity index (χ3v) is 5.45. The van der Waals surface area contributed by atoms with Crippen molar-refractivity contribution in [2.75, 3.05) is 6.54 Å². The molecule has 0 atom stereocenters. The third-order valence-electron chi connectivity index (χ3n) is 2.93. The Morgan fingerprint density at radius 1 is 1.56 bits per heavy atom. The second kappa shape index (κ2) is 4.10. The molecule has 0 amide bonds. The summed E-state index contributed by atoms with van der Waals surface area (Å²) in [5.41, 5.74) is 0.141. The Balaban J connectivity index is 2.12. The van der Waals surface area contributed by atoms with Gasteiger partial charge in [0.25, 0.3) is 0 Å². The Hall–Kier alpha value is -0.430. The fraction of sp³-hybridized carbons (Fsp3) is 0.600. The molecular formula is C10H15NO3S2. The van der Waals surface area contributed by atoms with E-state index in [1.807, 2.05) is 0 Å². The maximum atomic E-state index is 11.9. The van der Waals surface area contributed by atoms with E-state index in [1.54, 1.807) is 5.38 Å². The van der Waals surface area contributed by atoms with E-state index in [2.05, 4.69) is 11.6 Å². The molecule has 0 unspecified atom stereocenters. The molecule has 0 radical (unpaired) electrons. The van der Waals surface area contributed by atoms with Crippen LogP contribution in [0.5, 0.6) is 0 Å². The molecule has 6 heteroatoms. The van der Waals surface area contributed by atoms with Crippen LogP contribution < -0.4 is 4.72 Å². The summed E-state index contributed by atoms with van der Waals surface area (Å²) in [6.45, 7) is 2.32. The SMILES string of the molecule is CC1(CNS(=O)(=O)c2ccsc2CO)CC1. The topological polar surface area (TPSA) is 66.4 Å². The van der Waals surface area contributed by atoms with Gasteiger partial charge in [0, 0.05) is 11.4 Å². The van der Waals surface area contributed by atoms with Crippen LogP contribution in [0, 0.1) is 5.41 Å². The van der Waals surface area contributed by atoms with Crippen molar-refractivity contribution in [2.24, 2.45) is 5.41 Å². The number of sulfonamides is 1. The summed E-state index contributed by atoms with van der Waals surface area (Å²) in [6, 6.07) is 1.54. The van der Waals surface area contributed by atoms with Crippen molar-refractivity contribution in [3.8, 4) is 0 Å². The Labute approximate surface area is 99.4 Å². The molecule has 1 heterocycles. The third kappa shape index (κ3) is 2.45. The molecule has 0 spiro atoms. The van der Waals surface area contributed by atoms with Crippen molar-refractivity contribution in [3.05, 3.63) is 16.3 Å². The van der Waals surface area contributed by atoms with Gasteiger partial charge in [-0.15, -0.1) is 11.3 Å². The van der Waals surface area contributed by atoms with Gasteiger partial charge in [0.05, 0.1) is 11.5 Å². The Morgan fingerprint density at radius 3 is 2.81 bits per heavy atom. The highest BCUT2D eigenvalue weighted by Crippen LogP contribution is 2.44. The van der Waals surface area contributed by atoms with Gasteiger partial charge in [-0.1, -0.05) is 6.92 Å². The van der Waals surface area contributed by atoms with Crippen LogP contribution in [0.4, 0.5) is 0 Å². The summed E-state index contributed by atoms with van der Waals surface area (Å²) >= 11 is 1.26. The number of hydrogen-bond donors (Lipinski definition) is 2. The lowest BCUT2D eigenvalue weighted by Gasteiger charge is -2.10. The normalized spacial score (nSPS) is 18.6. The molecule has 0 bridgehead atoms. The molecule has 1 aliphatic rings. The molecule has 2 N–H and O–H groups in total.